The lowest BCUT2D eigenvalue weighted by molar-refractivity contribution is 0.112. The maximum Gasteiger partial charge on any atom is 0.150 e. The number of benzene rings is 1. The van der Waals surface area contributed by atoms with Gasteiger partial charge in [0.05, 0.1) is 6.26 Å². The lowest BCUT2D eigenvalue weighted by Crippen LogP contribution is -1.87. The molecule has 0 atom stereocenters. The number of rotatable bonds is 4. The molecule has 0 aliphatic rings. The van der Waals surface area contributed by atoms with Crippen molar-refractivity contribution in [3.8, 4) is 0 Å². The van der Waals surface area contributed by atoms with Gasteiger partial charge in [-0.2, -0.15) is 0 Å². The van der Waals surface area contributed by atoms with Crippen LogP contribution in [0.2, 0.25) is 0 Å². The van der Waals surface area contributed by atoms with Crippen molar-refractivity contribution in [2.45, 2.75) is 6.92 Å². The van der Waals surface area contributed by atoms with E-state index in [1.165, 1.54) is 6.26 Å². The highest BCUT2D eigenvalue weighted by molar-refractivity contribution is 5.75. The van der Waals surface area contributed by atoms with Crippen LogP contribution in [-0.2, 0) is 4.74 Å². The molecule has 0 amide bonds. The lowest BCUT2D eigenvalue weighted by atomic mass is 10.1. The van der Waals surface area contributed by atoms with Gasteiger partial charge >= 0.3 is 0 Å². The summed E-state index contributed by atoms with van der Waals surface area (Å²) in [5.74, 6) is 0.734. The average Bonchev–Trinajstić information content (AvgIpc) is 2.26. The van der Waals surface area contributed by atoms with Crippen LogP contribution >= 0.6 is 0 Å². The van der Waals surface area contributed by atoms with E-state index in [1.54, 1.807) is 12.1 Å². The number of allylic oxidation sites excluding steroid dienone is 1. The van der Waals surface area contributed by atoms with Gasteiger partial charge in [0.25, 0.3) is 0 Å². The predicted molar refractivity (Wildman–Crippen MR) is 56.8 cm³/mol. The number of aldehydes is 1. The number of hydrogen-bond donors (Lipinski definition) is 0. The van der Waals surface area contributed by atoms with Crippen molar-refractivity contribution in [1.29, 1.82) is 0 Å². The van der Waals surface area contributed by atoms with E-state index in [4.69, 9.17) is 4.74 Å². The molecule has 0 saturated carbocycles. The van der Waals surface area contributed by atoms with Crippen molar-refractivity contribution in [2.75, 3.05) is 0 Å². The van der Waals surface area contributed by atoms with E-state index in [0.29, 0.717) is 5.56 Å². The Bertz CT molecular complexity index is 347. The molecule has 2 nitrogen and oxygen atoms in total. The second-order valence-corrected chi connectivity index (χ2v) is 2.68. The summed E-state index contributed by atoms with van der Waals surface area (Å²) in [6, 6.07) is 7.17. The zero-order valence-corrected chi connectivity index (χ0v) is 8.07. The first-order chi connectivity index (χ1) is 6.81. The van der Waals surface area contributed by atoms with Gasteiger partial charge in [0, 0.05) is 11.1 Å². The number of ether oxygens (including phenoxy) is 1. The van der Waals surface area contributed by atoms with Gasteiger partial charge in [-0.25, -0.2) is 0 Å². The van der Waals surface area contributed by atoms with E-state index in [9.17, 15) is 4.79 Å². The quantitative estimate of drug-likeness (QED) is 0.536. The third-order valence-corrected chi connectivity index (χ3v) is 1.80. The number of carbonyl (C=O) groups excluding carboxylic acids is 1. The zero-order chi connectivity index (χ0) is 10.4. The van der Waals surface area contributed by atoms with Gasteiger partial charge in [-0.1, -0.05) is 30.8 Å². The molecule has 14 heavy (non-hydrogen) atoms. The first-order valence-corrected chi connectivity index (χ1v) is 4.31. The summed E-state index contributed by atoms with van der Waals surface area (Å²) in [6.45, 7) is 5.37. The Morgan fingerprint density at radius 2 is 2.00 bits per heavy atom. The van der Waals surface area contributed by atoms with Crippen LogP contribution in [0.4, 0.5) is 0 Å². The van der Waals surface area contributed by atoms with Crippen LogP contribution < -0.4 is 0 Å². The van der Waals surface area contributed by atoms with E-state index in [1.807, 2.05) is 25.1 Å². The summed E-state index contributed by atoms with van der Waals surface area (Å²) in [5, 5.41) is 0. The smallest absolute Gasteiger partial charge is 0.150 e. The molecular formula is C12H12O2. The minimum atomic E-state index is 0.655. The van der Waals surface area contributed by atoms with Crippen LogP contribution in [0, 0.1) is 0 Å². The molecule has 0 spiro atoms. The lowest BCUT2D eigenvalue weighted by Gasteiger charge is -2.05. The third kappa shape index (κ3) is 2.33. The molecule has 0 N–H and O–H groups in total. The molecular weight excluding hydrogens is 176 g/mol. The van der Waals surface area contributed by atoms with Crippen molar-refractivity contribution < 1.29 is 9.53 Å². The Morgan fingerprint density at radius 3 is 2.43 bits per heavy atom. The van der Waals surface area contributed by atoms with Crippen molar-refractivity contribution in [1.82, 2.24) is 0 Å². The molecule has 1 aromatic rings. The molecule has 0 unspecified atom stereocenters. The normalized spacial score (nSPS) is 10.8. The minimum absolute atomic E-state index is 0.655. The molecule has 1 rings (SSSR count). The molecule has 0 fully saturated rings. The highest BCUT2D eigenvalue weighted by atomic mass is 16.5. The van der Waals surface area contributed by atoms with E-state index in [-0.39, 0.29) is 0 Å². The summed E-state index contributed by atoms with van der Waals surface area (Å²) in [6.07, 6.45) is 4.04. The van der Waals surface area contributed by atoms with Gasteiger partial charge in [0.2, 0.25) is 0 Å². The fourth-order valence-corrected chi connectivity index (χ4v) is 1.12. The topological polar surface area (TPSA) is 26.3 Å². The third-order valence-electron chi connectivity index (χ3n) is 1.80. The largest absolute Gasteiger partial charge is 0.465 e. The van der Waals surface area contributed by atoms with Gasteiger partial charge < -0.3 is 4.74 Å². The fraction of sp³-hybridized carbons (Fsp3) is 0.0833. The van der Waals surface area contributed by atoms with E-state index in [2.05, 4.69) is 6.58 Å². The van der Waals surface area contributed by atoms with Crippen LogP contribution in [0.3, 0.4) is 0 Å². The molecule has 0 radical (unpaired) electrons. The monoisotopic (exact) mass is 188 g/mol. The van der Waals surface area contributed by atoms with Crippen LogP contribution in [0.25, 0.3) is 5.76 Å². The summed E-state index contributed by atoms with van der Waals surface area (Å²) in [5.41, 5.74) is 1.58. The van der Waals surface area contributed by atoms with Gasteiger partial charge in [0.1, 0.15) is 12.0 Å². The fourth-order valence-electron chi connectivity index (χ4n) is 1.12. The second-order valence-electron chi connectivity index (χ2n) is 2.68. The Morgan fingerprint density at radius 1 is 1.36 bits per heavy atom. The first kappa shape index (κ1) is 10.3. The van der Waals surface area contributed by atoms with Gasteiger partial charge in [-0.15, -0.1) is 0 Å². The van der Waals surface area contributed by atoms with E-state index >= 15 is 0 Å². The zero-order valence-electron chi connectivity index (χ0n) is 8.07. The average molecular weight is 188 g/mol. The summed E-state index contributed by atoms with van der Waals surface area (Å²) < 4.78 is 5.19. The van der Waals surface area contributed by atoms with Crippen molar-refractivity contribution in [2.24, 2.45) is 0 Å². The maximum atomic E-state index is 10.4. The summed E-state index contributed by atoms with van der Waals surface area (Å²) in [4.78, 5) is 10.4. The Kier molecular flexibility index (Phi) is 3.68. The van der Waals surface area contributed by atoms with Crippen LogP contribution in [-0.4, -0.2) is 6.29 Å². The number of carbonyl (C=O) groups is 1. The Hall–Kier alpha value is -1.83. The number of hydrogen-bond acceptors (Lipinski definition) is 2. The second kappa shape index (κ2) is 5.02. The molecule has 2 heteroatoms. The first-order valence-electron chi connectivity index (χ1n) is 4.31. The van der Waals surface area contributed by atoms with Gasteiger partial charge in [-0.05, 0) is 13.0 Å². The molecule has 0 aliphatic carbocycles. The maximum absolute atomic E-state index is 10.4. The van der Waals surface area contributed by atoms with Crippen molar-refractivity contribution >= 4 is 12.0 Å². The minimum Gasteiger partial charge on any atom is -0.465 e. The van der Waals surface area contributed by atoms with Crippen LogP contribution in [0.1, 0.15) is 22.8 Å². The Labute approximate surface area is 83.5 Å². The van der Waals surface area contributed by atoms with Crippen molar-refractivity contribution in [3.63, 3.8) is 0 Å². The highest BCUT2D eigenvalue weighted by Gasteiger charge is 1.99. The van der Waals surface area contributed by atoms with Gasteiger partial charge in [0.15, 0.2) is 0 Å². The molecule has 0 bridgehead atoms. The van der Waals surface area contributed by atoms with E-state index < -0.39 is 0 Å². The van der Waals surface area contributed by atoms with Crippen molar-refractivity contribution in [3.05, 3.63) is 54.3 Å². The molecule has 0 heterocycles. The highest BCUT2D eigenvalue weighted by Crippen LogP contribution is 2.16. The Balaban J connectivity index is 2.95. The molecule has 1 aromatic carbocycles. The SMILES string of the molecule is C=CO/C(=C\C)c1ccc(C=O)cc1. The van der Waals surface area contributed by atoms with Gasteiger partial charge in [-0.3, -0.25) is 4.79 Å². The summed E-state index contributed by atoms with van der Waals surface area (Å²) >= 11 is 0. The molecule has 0 saturated heterocycles. The molecule has 0 aliphatic heterocycles. The standard InChI is InChI=1S/C12H12O2/c1-3-12(14-4-2)11-7-5-10(9-13)6-8-11/h3-9H,2H2,1H3/b12-3-. The molecule has 0 aromatic heterocycles. The van der Waals surface area contributed by atoms with E-state index in [0.717, 1.165) is 17.6 Å². The van der Waals surface area contributed by atoms with Crippen LogP contribution in [0.15, 0.2) is 43.2 Å². The molecule has 72 valence electrons. The summed E-state index contributed by atoms with van der Waals surface area (Å²) in [7, 11) is 0. The predicted octanol–water partition coefficient (Wildman–Crippen LogP) is 3.02. The van der Waals surface area contributed by atoms with Crippen LogP contribution in [0.5, 0.6) is 0 Å².